The summed E-state index contributed by atoms with van der Waals surface area (Å²) in [5.74, 6) is -3.64. The Morgan fingerprint density at radius 2 is 1.54 bits per heavy atom. The topological polar surface area (TPSA) is 67.2 Å². The molecule has 1 fully saturated rings. The van der Waals surface area contributed by atoms with Crippen molar-refractivity contribution in [1.82, 2.24) is 24.6 Å². The summed E-state index contributed by atoms with van der Waals surface area (Å²) in [4.78, 5) is 26.0. The number of anilines is 1. The van der Waals surface area contributed by atoms with Crippen LogP contribution in [0.1, 0.15) is 5.56 Å². The highest BCUT2D eigenvalue weighted by molar-refractivity contribution is 5.85. The lowest BCUT2D eigenvalue weighted by atomic mass is 10.1. The number of piperazine rings is 1. The molecule has 2 aromatic heterocycles. The average Bonchev–Trinajstić information content (AvgIpc) is 2.89. The Balaban J connectivity index is 0.00000320. The van der Waals surface area contributed by atoms with E-state index in [1.54, 1.807) is 0 Å². The van der Waals surface area contributed by atoms with Crippen molar-refractivity contribution in [2.24, 2.45) is 0 Å². The van der Waals surface area contributed by atoms with Crippen molar-refractivity contribution in [3.8, 4) is 22.6 Å². The summed E-state index contributed by atoms with van der Waals surface area (Å²) in [6, 6.07) is 11.7. The molecule has 1 saturated heterocycles. The molecule has 1 aliphatic heterocycles. The van der Waals surface area contributed by atoms with Crippen molar-refractivity contribution in [3.63, 3.8) is 0 Å². The molecular formula is C26H24ClF3N6O. The Kier molecular flexibility index (Phi) is 7.89. The van der Waals surface area contributed by atoms with E-state index in [1.807, 2.05) is 36.7 Å². The lowest BCUT2D eigenvalue weighted by Gasteiger charge is -2.33. The number of hydrogen-bond acceptors (Lipinski definition) is 6. The van der Waals surface area contributed by atoms with Crippen molar-refractivity contribution >= 4 is 18.1 Å². The third-order valence-corrected chi connectivity index (χ3v) is 6.17. The fourth-order valence-corrected chi connectivity index (χ4v) is 4.10. The van der Waals surface area contributed by atoms with Gasteiger partial charge in [0, 0.05) is 43.4 Å². The van der Waals surface area contributed by atoms with E-state index in [9.17, 15) is 18.0 Å². The zero-order valence-electron chi connectivity index (χ0n) is 19.9. The lowest BCUT2D eigenvalue weighted by molar-refractivity contribution is 0.312. The largest absolute Gasteiger partial charge is 0.366 e. The summed E-state index contributed by atoms with van der Waals surface area (Å²) < 4.78 is 41.9. The Bertz CT molecular complexity index is 1430. The maximum atomic E-state index is 13.7. The van der Waals surface area contributed by atoms with Gasteiger partial charge in [0.05, 0.1) is 30.3 Å². The second kappa shape index (κ2) is 11.1. The van der Waals surface area contributed by atoms with Crippen LogP contribution < -0.4 is 10.5 Å². The van der Waals surface area contributed by atoms with Crippen LogP contribution in [0.25, 0.3) is 22.6 Å². The number of likely N-dealkylation sites (N-methyl/N-ethyl adjacent to an activating group) is 1. The van der Waals surface area contributed by atoms with Crippen LogP contribution in [-0.4, -0.2) is 57.9 Å². The van der Waals surface area contributed by atoms with Gasteiger partial charge in [0.2, 0.25) is 0 Å². The number of halogens is 4. The molecule has 0 N–H and O–H groups in total. The summed E-state index contributed by atoms with van der Waals surface area (Å²) in [7, 11) is 2.10. The van der Waals surface area contributed by atoms with Gasteiger partial charge in [-0.15, -0.1) is 12.4 Å². The highest BCUT2D eigenvalue weighted by atomic mass is 35.5. The van der Waals surface area contributed by atoms with Crippen molar-refractivity contribution in [2.75, 3.05) is 38.1 Å². The maximum Gasteiger partial charge on any atom is 0.267 e. The van der Waals surface area contributed by atoms with Crippen LogP contribution in [0.15, 0.2) is 65.7 Å². The van der Waals surface area contributed by atoms with Gasteiger partial charge in [-0.2, -0.15) is 5.10 Å². The lowest BCUT2D eigenvalue weighted by Crippen LogP contribution is -2.44. The van der Waals surface area contributed by atoms with E-state index in [4.69, 9.17) is 0 Å². The van der Waals surface area contributed by atoms with Crippen LogP contribution in [0.5, 0.6) is 0 Å². The molecule has 0 atom stereocenters. The number of rotatable bonds is 5. The molecule has 11 heteroatoms. The number of aromatic nitrogens is 4. The summed E-state index contributed by atoms with van der Waals surface area (Å²) in [5.41, 5.74) is 2.31. The van der Waals surface area contributed by atoms with Crippen LogP contribution >= 0.6 is 12.4 Å². The second-order valence-electron chi connectivity index (χ2n) is 8.72. The Morgan fingerprint density at radius 1 is 0.865 bits per heavy atom. The molecule has 5 rings (SSSR count). The van der Waals surface area contributed by atoms with E-state index >= 15 is 0 Å². The normalized spacial score (nSPS) is 13.9. The van der Waals surface area contributed by atoms with E-state index in [1.165, 1.54) is 16.8 Å². The van der Waals surface area contributed by atoms with Gasteiger partial charge in [0.15, 0.2) is 23.3 Å². The quantitative estimate of drug-likeness (QED) is 0.365. The van der Waals surface area contributed by atoms with E-state index in [2.05, 4.69) is 31.9 Å². The number of nitrogens with zero attached hydrogens (tertiary/aromatic N) is 6. The minimum absolute atomic E-state index is 0. The highest BCUT2D eigenvalue weighted by Gasteiger charge is 2.16. The molecular weight excluding hydrogens is 505 g/mol. The zero-order chi connectivity index (χ0) is 25.2. The highest BCUT2D eigenvalue weighted by Crippen LogP contribution is 2.22. The van der Waals surface area contributed by atoms with Gasteiger partial charge in [-0.25, -0.2) is 27.8 Å². The zero-order valence-corrected chi connectivity index (χ0v) is 20.8. The predicted octanol–water partition coefficient (Wildman–Crippen LogP) is 4.01. The monoisotopic (exact) mass is 528 g/mol. The molecule has 2 aromatic carbocycles. The molecule has 1 aliphatic rings. The molecule has 0 unspecified atom stereocenters. The van der Waals surface area contributed by atoms with E-state index < -0.39 is 17.5 Å². The smallest absolute Gasteiger partial charge is 0.267 e. The van der Waals surface area contributed by atoms with Crippen molar-refractivity contribution in [1.29, 1.82) is 0 Å². The summed E-state index contributed by atoms with van der Waals surface area (Å²) >= 11 is 0. The molecule has 0 aliphatic carbocycles. The van der Waals surface area contributed by atoms with Gasteiger partial charge in [-0.1, -0.05) is 18.2 Å². The van der Waals surface area contributed by atoms with Gasteiger partial charge in [-0.05, 0) is 36.9 Å². The first-order chi connectivity index (χ1) is 17.4. The minimum atomic E-state index is -1.55. The fraction of sp³-hybridized carbons (Fsp3) is 0.231. The van der Waals surface area contributed by atoms with E-state index in [0.29, 0.717) is 5.82 Å². The van der Waals surface area contributed by atoms with Crippen LogP contribution in [0, 0.1) is 17.5 Å². The van der Waals surface area contributed by atoms with E-state index in [0.717, 1.165) is 55.1 Å². The molecule has 192 valence electrons. The average molecular weight is 529 g/mol. The standard InChI is InChI=1S/C26H23F3N6O.ClH/c1-33-7-9-34(10-8-33)20-14-30-26(31-15-20)18-4-2-3-17(11-18)16-35-24(36)6-5-23(32-35)19-12-21(27)25(29)22(28)13-19;/h2-6,11-15H,7-10,16H2,1H3;1H. The number of benzene rings is 2. The number of hydrogen-bond donors (Lipinski definition) is 0. The SMILES string of the molecule is CN1CCN(c2cnc(-c3cccc(Cn4nc(-c5cc(F)c(F)c(F)c5)ccc4=O)c3)nc2)CC1.Cl. The molecule has 7 nitrogen and oxygen atoms in total. The van der Waals surface area contributed by atoms with Crippen LogP contribution in [-0.2, 0) is 6.54 Å². The van der Waals surface area contributed by atoms with Gasteiger partial charge >= 0.3 is 0 Å². The third kappa shape index (κ3) is 5.81. The summed E-state index contributed by atoms with van der Waals surface area (Å²) in [6.07, 6.45) is 3.63. The first-order valence-corrected chi connectivity index (χ1v) is 11.5. The molecule has 4 aromatic rings. The Morgan fingerprint density at radius 3 is 2.22 bits per heavy atom. The minimum Gasteiger partial charge on any atom is -0.366 e. The fourth-order valence-electron chi connectivity index (χ4n) is 4.10. The molecule has 0 radical (unpaired) electrons. The predicted molar refractivity (Wildman–Crippen MR) is 137 cm³/mol. The van der Waals surface area contributed by atoms with Crippen LogP contribution in [0.3, 0.4) is 0 Å². The van der Waals surface area contributed by atoms with Gasteiger partial charge in [0.25, 0.3) is 5.56 Å². The van der Waals surface area contributed by atoms with Gasteiger partial charge in [0.1, 0.15) is 0 Å². The van der Waals surface area contributed by atoms with Crippen LogP contribution in [0.2, 0.25) is 0 Å². The van der Waals surface area contributed by atoms with E-state index in [-0.39, 0.29) is 35.8 Å². The maximum absolute atomic E-state index is 13.7. The molecule has 0 amide bonds. The van der Waals surface area contributed by atoms with Crippen molar-refractivity contribution < 1.29 is 13.2 Å². The van der Waals surface area contributed by atoms with Crippen molar-refractivity contribution in [2.45, 2.75) is 6.54 Å². The summed E-state index contributed by atoms with van der Waals surface area (Å²) in [6.45, 7) is 3.94. The molecule has 37 heavy (non-hydrogen) atoms. The van der Waals surface area contributed by atoms with Crippen molar-refractivity contribution in [3.05, 3.63) is 94.3 Å². The van der Waals surface area contributed by atoms with Gasteiger partial charge in [-0.3, -0.25) is 4.79 Å². The van der Waals surface area contributed by atoms with Gasteiger partial charge < -0.3 is 9.80 Å². The van der Waals surface area contributed by atoms with Crippen LogP contribution in [0.4, 0.5) is 18.9 Å². The Hall–Kier alpha value is -3.76. The summed E-state index contributed by atoms with van der Waals surface area (Å²) in [5, 5.41) is 4.23. The molecule has 3 heterocycles. The second-order valence-corrected chi connectivity index (χ2v) is 8.72. The first-order valence-electron chi connectivity index (χ1n) is 11.5. The molecule has 0 saturated carbocycles. The Labute approximate surface area is 217 Å². The molecule has 0 bridgehead atoms. The first kappa shape index (κ1) is 26.3. The molecule has 0 spiro atoms. The third-order valence-electron chi connectivity index (χ3n) is 6.17.